The van der Waals surface area contributed by atoms with E-state index in [0.717, 1.165) is 11.1 Å². The highest BCUT2D eigenvalue weighted by Gasteiger charge is 2.11. The van der Waals surface area contributed by atoms with Crippen molar-refractivity contribution in [1.29, 1.82) is 0 Å². The zero-order valence-electron chi connectivity index (χ0n) is 20.0. The molecule has 0 radical (unpaired) electrons. The van der Waals surface area contributed by atoms with E-state index in [1.54, 1.807) is 12.1 Å². The Kier molecular flexibility index (Phi) is 7.69. The molecule has 0 aliphatic heterocycles. The lowest BCUT2D eigenvalue weighted by Crippen LogP contribution is -2.13. The van der Waals surface area contributed by atoms with Gasteiger partial charge in [-0.25, -0.2) is 0 Å². The van der Waals surface area contributed by atoms with Gasteiger partial charge in [-0.2, -0.15) is 0 Å². The van der Waals surface area contributed by atoms with E-state index in [1.165, 1.54) is 12.1 Å². The first kappa shape index (κ1) is 24.6. The molecule has 0 aliphatic carbocycles. The van der Waals surface area contributed by atoms with Crippen LogP contribution in [0.25, 0.3) is 0 Å². The van der Waals surface area contributed by atoms with Gasteiger partial charge in [-0.05, 0) is 49.9 Å². The number of ketones is 1. The van der Waals surface area contributed by atoms with Crippen LogP contribution < -0.4 is 20.3 Å². The maximum atomic E-state index is 12.4. The monoisotopic (exact) mass is 486 g/mol. The van der Waals surface area contributed by atoms with Crippen LogP contribution >= 0.6 is 0 Å². The summed E-state index contributed by atoms with van der Waals surface area (Å²) in [7, 11) is 0. The minimum Gasteiger partial charge on any atom is -0.435 e. The Labute approximate surface area is 207 Å². The first-order chi connectivity index (χ1) is 17.4. The number of rotatable bonds is 10. The number of hydrogen-bond donors (Lipinski definition) is 2. The van der Waals surface area contributed by atoms with Crippen LogP contribution in [-0.2, 0) is 17.6 Å². The van der Waals surface area contributed by atoms with E-state index in [9.17, 15) is 14.4 Å². The van der Waals surface area contributed by atoms with Crippen molar-refractivity contribution < 1.29 is 14.3 Å². The number of carbonyl (C=O) groups excluding carboxylic acids is 1. The molecular formula is C27H26N4O5. The van der Waals surface area contributed by atoms with Gasteiger partial charge < -0.3 is 9.47 Å². The molecule has 36 heavy (non-hydrogen) atoms. The van der Waals surface area contributed by atoms with Gasteiger partial charge in [-0.15, -0.1) is 10.2 Å². The number of carbonyl (C=O) groups is 1. The molecular weight excluding hydrogens is 460 g/mol. The Morgan fingerprint density at radius 2 is 1.14 bits per heavy atom. The predicted octanol–water partition coefficient (Wildman–Crippen LogP) is 4.19. The lowest BCUT2D eigenvalue weighted by molar-refractivity contribution is -0.119. The van der Waals surface area contributed by atoms with E-state index in [2.05, 4.69) is 20.4 Å². The highest BCUT2D eigenvalue weighted by atomic mass is 16.5. The molecule has 0 unspecified atom stereocenters. The Balaban J connectivity index is 1.28. The number of ether oxygens (including phenoxy) is 2. The third-order valence-corrected chi connectivity index (χ3v) is 5.58. The van der Waals surface area contributed by atoms with Gasteiger partial charge >= 0.3 is 0 Å². The largest absolute Gasteiger partial charge is 0.435 e. The Hall–Kier alpha value is -4.53. The van der Waals surface area contributed by atoms with Crippen LogP contribution in [0.1, 0.15) is 35.4 Å². The van der Waals surface area contributed by atoms with Crippen molar-refractivity contribution in [3.63, 3.8) is 0 Å². The quantitative estimate of drug-likeness (QED) is 0.344. The van der Waals surface area contributed by atoms with Crippen molar-refractivity contribution in [1.82, 2.24) is 20.4 Å². The fraction of sp³-hybridized carbons (Fsp3) is 0.222. The highest BCUT2D eigenvalue weighted by molar-refractivity contribution is 5.78. The van der Waals surface area contributed by atoms with Crippen molar-refractivity contribution in [3.8, 4) is 23.3 Å². The van der Waals surface area contributed by atoms with E-state index in [4.69, 9.17) is 9.47 Å². The minimum absolute atomic E-state index is 0.0165. The molecule has 2 aromatic carbocycles. The number of aromatic nitrogens is 4. The zero-order valence-corrected chi connectivity index (χ0v) is 20.0. The molecule has 0 amide bonds. The summed E-state index contributed by atoms with van der Waals surface area (Å²) in [6, 6.07) is 17.4. The van der Waals surface area contributed by atoms with Crippen molar-refractivity contribution in [3.05, 3.63) is 104 Å². The second-order valence-electron chi connectivity index (χ2n) is 8.40. The van der Waals surface area contributed by atoms with Crippen LogP contribution in [0.3, 0.4) is 0 Å². The van der Waals surface area contributed by atoms with Crippen LogP contribution in [0, 0.1) is 13.8 Å². The summed E-state index contributed by atoms with van der Waals surface area (Å²) >= 11 is 0. The molecule has 9 heteroatoms. The molecule has 4 rings (SSSR count). The fourth-order valence-corrected chi connectivity index (χ4v) is 3.49. The van der Waals surface area contributed by atoms with Gasteiger partial charge in [0.2, 0.25) is 10.9 Å². The minimum atomic E-state index is -0.365. The van der Waals surface area contributed by atoms with Crippen molar-refractivity contribution in [2.45, 2.75) is 39.5 Å². The summed E-state index contributed by atoms with van der Waals surface area (Å²) in [6.45, 7) is 3.76. The Morgan fingerprint density at radius 1 is 0.722 bits per heavy atom. The molecule has 0 bridgehead atoms. The molecule has 0 aliphatic rings. The summed E-state index contributed by atoms with van der Waals surface area (Å²) in [5, 5.41) is 13.6. The van der Waals surface area contributed by atoms with E-state index < -0.39 is 0 Å². The van der Waals surface area contributed by atoms with Gasteiger partial charge in [0.05, 0.1) is 0 Å². The van der Waals surface area contributed by atoms with Gasteiger partial charge in [0, 0.05) is 36.4 Å². The van der Waals surface area contributed by atoms with Crippen molar-refractivity contribution >= 4 is 5.78 Å². The normalized spacial score (nSPS) is 10.7. The number of nitrogens with zero attached hydrogens (tertiary/aromatic N) is 2. The third-order valence-electron chi connectivity index (χ3n) is 5.58. The summed E-state index contributed by atoms with van der Waals surface area (Å²) in [5.41, 5.74) is 2.13. The Morgan fingerprint density at radius 3 is 1.53 bits per heavy atom. The van der Waals surface area contributed by atoms with E-state index in [-0.39, 0.29) is 41.2 Å². The highest BCUT2D eigenvalue weighted by Crippen LogP contribution is 2.21. The number of para-hydroxylation sites is 2. The molecule has 2 aromatic heterocycles. The predicted molar refractivity (Wildman–Crippen MR) is 134 cm³/mol. The maximum absolute atomic E-state index is 12.4. The molecule has 2 heterocycles. The first-order valence-corrected chi connectivity index (χ1v) is 11.5. The lowest BCUT2D eigenvalue weighted by Gasteiger charge is -2.08. The van der Waals surface area contributed by atoms with Gasteiger partial charge in [0.25, 0.3) is 11.8 Å². The molecule has 0 fully saturated rings. The fourth-order valence-electron chi connectivity index (χ4n) is 3.49. The third kappa shape index (κ3) is 6.32. The number of Topliss-reactive ketones (excluding diaryl/α,β-unsaturated/α-hetero) is 1. The number of aryl methyl sites for hydroxylation is 4. The molecule has 9 nitrogen and oxygen atoms in total. The van der Waals surface area contributed by atoms with Crippen molar-refractivity contribution in [2.24, 2.45) is 0 Å². The number of aromatic amines is 2. The van der Waals surface area contributed by atoms with Crippen molar-refractivity contribution in [2.75, 3.05) is 0 Å². The topological polar surface area (TPSA) is 127 Å². The average molecular weight is 487 g/mol. The van der Waals surface area contributed by atoms with Crippen LogP contribution in [0.15, 0.2) is 70.3 Å². The van der Waals surface area contributed by atoms with Gasteiger partial charge in [0.15, 0.2) is 0 Å². The van der Waals surface area contributed by atoms with Crippen LogP contribution in [0.2, 0.25) is 0 Å². The molecule has 0 atom stereocenters. The molecule has 0 saturated carbocycles. The second kappa shape index (κ2) is 11.3. The van der Waals surface area contributed by atoms with E-state index in [1.807, 2.05) is 50.2 Å². The smallest absolute Gasteiger partial charge is 0.285 e. The standard InChI is InChI=1S/C27H26N4O5/c1-17-7-3-5-9-24(17)35-26-22(33)15-19(28-30-26)11-13-21(32)14-12-20-16-23(34)27(31-29-20)36-25-10-6-4-8-18(25)2/h3-10,15-16H,11-14H2,1-2H3,(H,28,33)(H,29,34). The molecule has 0 saturated heterocycles. The van der Waals surface area contributed by atoms with Crippen LogP contribution in [0.5, 0.6) is 23.3 Å². The van der Waals surface area contributed by atoms with Gasteiger partial charge in [-0.1, -0.05) is 36.4 Å². The molecule has 4 aromatic rings. The first-order valence-electron chi connectivity index (χ1n) is 11.5. The van der Waals surface area contributed by atoms with Crippen LogP contribution in [-0.4, -0.2) is 26.2 Å². The second-order valence-corrected chi connectivity index (χ2v) is 8.40. The maximum Gasteiger partial charge on any atom is 0.285 e. The van der Waals surface area contributed by atoms with E-state index in [0.29, 0.717) is 35.7 Å². The number of H-pyrrole nitrogens is 2. The average Bonchev–Trinajstić information content (AvgIpc) is 2.87. The molecule has 2 N–H and O–H groups in total. The number of nitrogens with one attached hydrogen (secondary N) is 2. The summed E-state index contributed by atoms with van der Waals surface area (Å²) < 4.78 is 11.2. The summed E-state index contributed by atoms with van der Waals surface area (Å²) in [6.07, 6.45) is 1.12. The molecule has 0 spiro atoms. The van der Waals surface area contributed by atoms with Gasteiger partial charge in [0.1, 0.15) is 17.3 Å². The number of benzene rings is 2. The van der Waals surface area contributed by atoms with Crippen LogP contribution in [0.4, 0.5) is 0 Å². The summed E-state index contributed by atoms with van der Waals surface area (Å²) in [5.74, 6) is 0.995. The van der Waals surface area contributed by atoms with E-state index >= 15 is 0 Å². The SMILES string of the molecule is Cc1ccccc1Oc1n[nH]c(CCC(=O)CCc2cc(=O)c(Oc3ccccc3C)n[nH]2)cc1=O. The zero-order chi connectivity index (χ0) is 25.5. The summed E-state index contributed by atoms with van der Waals surface area (Å²) in [4.78, 5) is 37.1. The number of hydrogen-bond acceptors (Lipinski definition) is 7. The Bertz CT molecular complexity index is 1380. The lowest BCUT2D eigenvalue weighted by atomic mass is 10.1. The molecule has 184 valence electrons. The van der Waals surface area contributed by atoms with Gasteiger partial charge in [-0.3, -0.25) is 24.6 Å².